The lowest BCUT2D eigenvalue weighted by atomic mass is 10.0. The molecule has 0 aromatic heterocycles. The van der Waals surface area contributed by atoms with E-state index in [1.807, 2.05) is 0 Å². The van der Waals surface area contributed by atoms with Crippen LogP contribution in [0.25, 0.3) is 0 Å². The van der Waals surface area contributed by atoms with E-state index in [1.165, 1.54) is 18.9 Å². The van der Waals surface area contributed by atoms with Crippen LogP contribution < -0.4 is 4.74 Å². The minimum atomic E-state index is -1.06. The molecule has 0 saturated carbocycles. The van der Waals surface area contributed by atoms with Crippen LogP contribution in [0.2, 0.25) is 0 Å². The summed E-state index contributed by atoms with van der Waals surface area (Å²) in [6.45, 7) is 4.95. The zero-order valence-corrected chi connectivity index (χ0v) is 11.6. The highest BCUT2D eigenvalue weighted by Crippen LogP contribution is 2.26. The van der Waals surface area contributed by atoms with Gasteiger partial charge in [0.2, 0.25) is 5.91 Å². The van der Waals surface area contributed by atoms with E-state index >= 15 is 0 Å². The normalized spacial score (nSPS) is 12.1. The molecule has 104 valence electrons. The number of carbonyl (C=O) groups is 2. The number of carbonyl (C=O) groups excluding carboxylic acids is 1. The van der Waals surface area contributed by atoms with Gasteiger partial charge in [-0.2, -0.15) is 0 Å². The molecule has 5 heteroatoms. The number of rotatable bonds is 5. The summed E-state index contributed by atoms with van der Waals surface area (Å²) in [7, 11) is 1.51. The first-order valence-corrected chi connectivity index (χ1v) is 6.04. The van der Waals surface area contributed by atoms with Crippen LogP contribution in [0.3, 0.4) is 0 Å². The summed E-state index contributed by atoms with van der Waals surface area (Å²) in [5, 5.41) is 9.42. The van der Waals surface area contributed by atoms with E-state index < -0.39 is 12.0 Å². The lowest BCUT2D eigenvalue weighted by molar-refractivity contribution is -0.151. The number of hydrogen-bond donors (Lipinski definition) is 1. The van der Waals surface area contributed by atoms with Crippen LogP contribution in [0.15, 0.2) is 24.3 Å². The highest BCUT2D eigenvalue weighted by molar-refractivity contribution is 5.83. The Balaban J connectivity index is 3.26. The zero-order valence-electron chi connectivity index (χ0n) is 11.6. The molecule has 1 amide bonds. The molecule has 19 heavy (non-hydrogen) atoms. The van der Waals surface area contributed by atoms with Crippen LogP contribution >= 0.6 is 0 Å². The van der Waals surface area contributed by atoms with Crippen LogP contribution in [-0.2, 0) is 9.59 Å². The van der Waals surface area contributed by atoms with E-state index in [0.29, 0.717) is 11.3 Å². The summed E-state index contributed by atoms with van der Waals surface area (Å²) in [5.74, 6) is -0.765. The lowest BCUT2D eigenvalue weighted by Crippen LogP contribution is -2.42. The average molecular weight is 265 g/mol. The van der Waals surface area contributed by atoms with Crippen molar-refractivity contribution in [2.75, 3.05) is 7.11 Å². The van der Waals surface area contributed by atoms with Gasteiger partial charge in [-0.3, -0.25) is 4.79 Å². The standard InChI is InChI=1S/C14H19NO4/c1-9(2)15(10(3)16)13(14(17)18)11-6-5-7-12(8-11)19-4/h5-9,13H,1-4H3,(H,17,18). The van der Waals surface area contributed by atoms with Gasteiger partial charge >= 0.3 is 5.97 Å². The molecule has 1 aromatic rings. The van der Waals surface area contributed by atoms with Gasteiger partial charge in [-0.1, -0.05) is 12.1 Å². The van der Waals surface area contributed by atoms with Crippen molar-refractivity contribution in [2.24, 2.45) is 0 Å². The molecule has 0 spiro atoms. The molecule has 0 heterocycles. The quantitative estimate of drug-likeness (QED) is 0.885. The fraction of sp³-hybridized carbons (Fsp3) is 0.429. The molecular weight excluding hydrogens is 246 g/mol. The molecule has 1 N–H and O–H groups in total. The molecule has 1 unspecified atom stereocenters. The van der Waals surface area contributed by atoms with Crippen molar-refractivity contribution < 1.29 is 19.4 Å². The lowest BCUT2D eigenvalue weighted by Gasteiger charge is -2.31. The first kappa shape index (κ1) is 15.0. The Kier molecular flexibility index (Phi) is 4.92. The number of hydrogen-bond acceptors (Lipinski definition) is 3. The van der Waals surface area contributed by atoms with E-state index in [1.54, 1.807) is 38.1 Å². The molecule has 1 atom stereocenters. The third kappa shape index (κ3) is 3.47. The van der Waals surface area contributed by atoms with Gasteiger partial charge in [0.15, 0.2) is 6.04 Å². The fourth-order valence-electron chi connectivity index (χ4n) is 2.08. The molecule has 5 nitrogen and oxygen atoms in total. The number of nitrogens with zero attached hydrogens (tertiary/aromatic N) is 1. The Hall–Kier alpha value is -2.04. The second-order valence-corrected chi connectivity index (χ2v) is 4.54. The second kappa shape index (κ2) is 6.22. The SMILES string of the molecule is COc1cccc(C(C(=O)O)N(C(C)=O)C(C)C)c1. The highest BCUT2D eigenvalue weighted by atomic mass is 16.5. The maximum atomic E-state index is 11.7. The van der Waals surface area contributed by atoms with E-state index in [9.17, 15) is 14.7 Å². The Labute approximate surface area is 112 Å². The monoisotopic (exact) mass is 265 g/mol. The van der Waals surface area contributed by atoms with Crippen LogP contribution in [0, 0.1) is 0 Å². The molecule has 0 aliphatic carbocycles. The van der Waals surface area contributed by atoms with Crippen LogP contribution in [0.1, 0.15) is 32.4 Å². The molecule has 0 radical (unpaired) electrons. The molecule has 0 fully saturated rings. The summed E-state index contributed by atoms with van der Waals surface area (Å²) >= 11 is 0. The summed E-state index contributed by atoms with van der Waals surface area (Å²) in [6, 6.07) is 5.55. The van der Waals surface area contributed by atoms with Gasteiger partial charge in [-0.15, -0.1) is 0 Å². The Bertz CT molecular complexity index is 470. The maximum Gasteiger partial charge on any atom is 0.331 e. The average Bonchev–Trinajstić information content (AvgIpc) is 2.34. The minimum Gasteiger partial charge on any atom is -0.497 e. The molecule has 0 aliphatic rings. The number of ether oxygens (including phenoxy) is 1. The number of aliphatic carboxylic acids is 1. The largest absolute Gasteiger partial charge is 0.497 e. The van der Waals surface area contributed by atoms with E-state index in [-0.39, 0.29) is 11.9 Å². The highest BCUT2D eigenvalue weighted by Gasteiger charge is 2.31. The van der Waals surface area contributed by atoms with Gasteiger partial charge in [0.05, 0.1) is 7.11 Å². The van der Waals surface area contributed by atoms with Crippen molar-refractivity contribution in [3.8, 4) is 5.75 Å². The van der Waals surface area contributed by atoms with Crippen molar-refractivity contribution in [1.29, 1.82) is 0 Å². The van der Waals surface area contributed by atoms with Gasteiger partial charge in [-0.05, 0) is 31.5 Å². The molecule has 0 aliphatic heterocycles. The molecule has 1 aromatic carbocycles. The van der Waals surface area contributed by atoms with Gasteiger partial charge < -0.3 is 14.7 Å². The summed E-state index contributed by atoms with van der Waals surface area (Å²) < 4.78 is 5.09. The predicted octanol–water partition coefficient (Wildman–Crippen LogP) is 2.08. The van der Waals surface area contributed by atoms with Gasteiger partial charge in [0.1, 0.15) is 5.75 Å². The van der Waals surface area contributed by atoms with Crippen LogP contribution in [-0.4, -0.2) is 35.0 Å². The maximum absolute atomic E-state index is 11.7. The van der Waals surface area contributed by atoms with Crippen LogP contribution in [0.4, 0.5) is 0 Å². The van der Waals surface area contributed by atoms with Crippen molar-refractivity contribution in [3.63, 3.8) is 0 Å². The molecule has 0 bridgehead atoms. The Morgan fingerprint density at radius 2 is 1.95 bits per heavy atom. The summed E-state index contributed by atoms with van der Waals surface area (Å²) in [5.41, 5.74) is 0.524. The topological polar surface area (TPSA) is 66.8 Å². The molecule has 1 rings (SSSR count). The second-order valence-electron chi connectivity index (χ2n) is 4.54. The summed E-state index contributed by atoms with van der Waals surface area (Å²) in [6.07, 6.45) is 0. The smallest absolute Gasteiger partial charge is 0.331 e. The summed E-state index contributed by atoms with van der Waals surface area (Å²) in [4.78, 5) is 24.5. The predicted molar refractivity (Wildman–Crippen MR) is 71.0 cm³/mol. The first-order chi connectivity index (χ1) is 8.88. The van der Waals surface area contributed by atoms with Gasteiger partial charge in [0, 0.05) is 13.0 Å². The fourth-order valence-corrected chi connectivity index (χ4v) is 2.08. The number of benzene rings is 1. The third-order valence-electron chi connectivity index (χ3n) is 2.84. The van der Waals surface area contributed by atoms with E-state index in [0.717, 1.165) is 0 Å². The molecular formula is C14H19NO4. The number of amides is 1. The third-order valence-corrected chi connectivity index (χ3v) is 2.84. The van der Waals surface area contributed by atoms with Crippen molar-refractivity contribution in [2.45, 2.75) is 32.9 Å². The number of carboxylic acids is 1. The van der Waals surface area contributed by atoms with Crippen LogP contribution in [0.5, 0.6) is 5.75 Å². The van der Waals surface area contributed by atoms with E-state index in [2.05, 4.69) is 0 Å². The molecule has 0 saturated heterocycles. The van der Waals surface area contributed by atoms with Crippen molar-refractivity contribution in [3.05, 3.63) is 29.8 Å². The minimum absolute atomic E-state index is 0.204. The van der Waals surface area contributed by atoms with E-state index in [4.69, 9.17) is 4.74 Å². The Morgan fingerprint density at radius 1 is 1.32 bits per heavy atom. The Morgan fingerprint density at radius 3 is 2.37 bits per heavy atom. The van der Waals surface area contributed by atoms with Crippen molar-refractivity contribution >= 4 is 11.9 Å². The zero-order chi connectivity index (χ0) is 14.6. The van der Waals surface area contributed by atoms with Gasteiger partial charge in [-0.25, -0.2) is 4.79 Å². The number of carboxylic acid groups (broad SMARTS) is 1. The van der Waals surface area contributed by atoms with Gasteiger partial charge in [0.25, 0.3) is 0 Å². The first-order valence-electron chi connectivity index (χ1n) is 6.04. The van der Waals surface area contributed by atoms with Crippen molar-refractivity contribution in [1.82, 2.24) is 4.90 Å². The number of methoxy groups -OCH3 is 1.